The van der Waals surface area contributed by atoms with Gasteiger partial charge in [-0.3, -0.25) is 4.79 Å². The van der Waals surface area contributed by atoms with E-state index in [9.17, 15) is 13.2 Å². The van der Waals surface area contributed by atoms with E-state index in [-0.39, 0.29) is 30.2 Å². The van der Waals surface area contributed by atoms with E-state index in [1.807, 2.05) is 38.1 Å². The van der Waals surface area contributed by atoms with Gasteiger partial charge in [0.2, 0.25) is 15.9 Å². The maximum atomic E-state index is 12.9. The predicted octanol–water partition coefficient (Wildman–Crippen LogP) is 4.07. The van der Waals surface area contributed by atoms with E-state index >= 15 is 0 Å². The highest BCUT2D eigenvalue weighted by Gasteiger charge is 2.32. The molecule has 2 aromatic rings. The average molecular weight is 435 g/mol. The van der Waals surface area contributed by atoms with Gasteiger partial charge in [-0.1, -0.05) is 53.6 Å². The summed E-state index contributed by atoms with van der Waals surface area (Å²) in [4.78, 5) is 12.8. The number of aryl methyl sites for hydroxylation is 1. The van der Waals surface area contributed by atoms with Crippen LogP contribution < -0.4 is 5.32 Å². The summed E-state index contributed by atoms with van der Waals surface area (Å²) in [6.07, 6.45) is 1.36. The van der Waals surface area contributed by atoms with E-state index in [1.54, 1.807) is 24.3 Å². The lowest BCUT2D eigenvalue weighted by molar-refractivity contribution is -0.126. The maximum absolute atomic E-state index is 12.9. The second-order valence-corrected chi connectivity index (χ2v) is 10.1. The Balaban J connectivity index is 1.63. The number of rotatable bonds is 6. The lowest BCUT2D eigenvalue weighted by atomic mass is 9.97. The van der Waals surface area contributed by atoms with Crippen LogP contribution >= 0.6 is 11.6 Å². The second-order valence-electron chi connectivity index (χ2n) is 7.72. The number of hydrogen-bond donors (Lipinski definition) is 1. The highest BCUT2D eigenvalue weighted by Crippen LogP contribution is 2.23. The molecule has 1 fully saturated rings. The Bertz CT molecular complexity index is 960. The van der Waals surface area contributed by atoms with E-state index in [1.165, 1.54) is 9.87 Å². The topological polar surface area (TPSA) is 66.5 Å². The van der Waals surface area contributed by atoms with Crippen molar-refractivity contribution in [1.82, 2.24) is 9.62 Å². The second kappa shape index (κ2) is 9.28. The Labute approximate surface area is 178 Å². The Hall–Kier alpha value is -1.89. The van der Waals surface area contributed by atoms with Gasteiger partial charge in [-0.05, 0) is 49.9 Å². The number of carbonyl (C=O) groups is 1. The smallest absolute Gasteiger partial charge is 0.224 e. The zero-order valence-electron chi connectivity index (χ0n) is 16.8. The molecule has 0 saturated carbocycles. The molecule has 156 valence electrons. The van der Waals surface area contributed by atoms with Crippen molar-refractivity contribution < 1.29 is 13.2 Å². The first-order chi connectivity index (χ1) is 13.7. The van der Waals surface area contributed by atoms with Gasteiger partial charge in [0.05, 0.1) is 17.7 Å². The van der Waals surface area contributed by atoms with Gasteiger partial charge in [0, 0.05) is 18.1 Å². The molecule has 2 aromatic carbocycles. The van der Waals surface area contributed by atoms with Gasteiger partial charge in [0.1, 0.15) is 0 Å². The molecule has 0 aliphatic carbocycles. The zero-order valence-corrected chi connectivity index (χ0v) is 18.3. The van der Waals surface area contributed by atoms with Crippen molar-refractivity contribution in [3.8, 4) is 0 Å². The summed E-state index contributed by atoms with van der Waals surface area (Å²) in [6, 6.07) is 14.8. The number of amides is 1. The molecular weight excluding hydrogens is 408 g/mol. The molecule has 1 amide bonds. The van der Waals surface area contributed by atoms with E-state index in [0.29, 0.717) is 30.0 Å². The van der Waals surface area contributed by atoms with Gasteiger partial charge in [-0.25, -0.2) is 12.7 Å². The number of sulfonamides is 1. The van der Waals surface area contributed by atoms with Gasteiger partial charge in [0.15, 0.2) is 0 Å². The lowest BCUT2D eigenvalue weighted by Gasteiger charge is -2.32. The molecule has 7 heteroatoms. The molecule has 1 aliphatic rings. The number of benzene rings is 2. The van der Waals surface area contributed by atoms with E-state index in [4.69, 9.17) is 11.6 Å². The summed E-state index contributed by atoms with van der Waals surface area (Å²) in [6.45, 7) is 4.63. The maximum Gasteiger partial charge on any atom is 0.224 e. The molecule has 1 N–H and O–H groups in total. The minimum atomic E-state index is -3.51. The molecule has 29 heavy (non-hydrogen) atoms. The Morgan fingerprint density at radius 2 is 1.97 bits per heavy atom. The van der Waals surface area contributed by atoms with Gasteiger partial charge >= 0.3 is 0 Å². The minimum Gasteiger partial charge on any atom is -0.349 e. The first-order valence-electron chi connectivity index (χ1n) is 9.84. The fourth-order valence-corrected chi connectivity index (χ4v) is 5.42. The van der Waals surface area contributed by atoms with Gasteiger partial charge in [0.25, 0.3) is 0 Å². The van der Waals surface area contributed by atoms with Crippen molar-refractivity contribution in [2.75, 3.05) is 13.1 Å². The summed E-state index contributed by atoms with van der Waals surface area (Å²) in [5.74, 6) is -0.548. The van der Waals surface area contributed by atoms with Gasteiger partial charge in [-0.15, -0.1) is 0 Å². The van der Waals surface area contributed by atoms with Crippen LogP contribution in [0.1, 0.15) is 42.5 Å². The largest absolute Gasteiger partial charge is 0.349 e. The molecule has 2 atom stereocenters. The molecule has 3 rings (SSSR count). The highest BCUT2D eigenvalue weighted by molar-refractivity contribution is 7.88. The van der Waals surface area contributed by atoms with Crippen molar-refractivity contribution in [3.05, 3.63) is 70.2 Å². The number of piperidine rings is 1. The number of halogens is 1. The van der Waals surface area contributed by atoms with Crippen LogP contribution in [0.4, 0.5) is 0 Å². The fourth-order valence-electron chi connectivity index (χ4n) is 3.61. The molecule has 1 aliphatic heterocycles. The van der Waals surface area contributed by atoms with Crippen LogP contribution in [0.5, 0.6) is 0 Å². The first kappa shape index (κ1) is 21.8. The van der Waals surface area contributed by atoms with Crippen LogP contribution in [-0.2, 0) is 20.6 Å². The monoisotopic (exact) mass is 434 g/mol. The van der Waals surface area contributed by atoms with Crippen LogP contribution in [0.2, 0.25) is 5.02 Å². The number of carbonyl (C=O) groups excluding carboxylic acids is 1. The minimum absolute atomic E-state index is 0.0965. The van der Waals surface area contributed by atoms with Crippen molar-refractivity contribution in [2.45, 2.75) is 38.5 Å². The van der Waals surface area contributed by atoms with Crippen LogP contribution in [0.3, 0.4) is 0 Å². The lowest BCUT2D eigenvalue weighted by Crippen LogP contribution is -2.46. The summed E-state index contributed by atoms with van der Waals surface area (Å²) < 4.78 is 27.2. The van der Waals surface area contributed by atoms with E-state index < -0.39 is 10.0 Å². The van der Waals surface area contributed by atoms with Gasteiger partial charge in [-0.2, -0.15) is 0 Å². The molecule has 5 nitrogen and oxygen atoms in total. The Kier molecular flexibility index (Phi) is 6.98. The molecule has 2 unspecified atom stereocenters. The summed E-state index contributed by atoms with van der Waals surface area (Å²) in [7, 11) is -3.51. The predicted molar refractivity (Wildman–Crippen MR) is 116 cm³/mol. The first-order valence-corrected chi connectivity index (χ1v) is 11.8. The summed E-state index contributed by atoms with van der Waals surface area (Å²) >= 11 is 5.97. The Morgan fingerprint density at radius 3 is 2.66 bits per heavy atom. The van der Waals surface area contributed by atoms with Crippen molar-refractivity contribution >= 4 is 27.5 Å². The summed E-state index contributed by atoms with van der Waals surface area (Å²) in [5, 5.41) is 3.55. The average Bonchev–Trinajstić information content (AvgIpc) is 2.68. The van der Waals surface area contributed by atoms with Crippen molar-refractivity contribution in [3.63, 3.8) is 0 Å². The molecule has 0 aromatic heterocycles. The van der Waals surface area contributed by atoms with Crippen molar-refractivity contribution in [2.24, 2.45) is 5.92 Å². The zero-order chi connectivity index (χ0) is 21.0. The number of nitrogens with zero attached hydrogens (tertiary/aromatic N) is 1. The quantitative estimate of drug-likeness (QED) is 0.745. The van der Waals surface area contributed by atoms with Crippen LogP contribution in [0.15, 0.2) is 48.5 Å². The highest BCUT2D eigenvalue weighted by atomic mass is 35.5. The van der Waals surface area contributed by atoms with Crippen LogP contribution in [-0.4, -0.2) is 31.7 Å². The molecule has 0 radical (unpaired) electrons. The van der Waals surface area contributed by atoms with E-state index in [2.05, 4.69) is 5.32 Å². The summed E-state index contributed by atoms with van der Waals surface area (Å²) in [5.41, 5.74) is 2.85. The third-order valence-electron chi connectivity index (χ3n) is 5.32. The molecule has 1 heterocycles. The third-order valence-corrected chi connectivity index (χ3v) is 7.37. The molecular formula is C22H27ClN2O3S. The fraction of sp³-hybridized carbons (Fsp3) is 0.409. The normalized spacial score (nSPS) is 18.9. The molecule has 0 bridgehead atoms. The third kappa shape index (κ3) is 5.81. The SMILES string of the molecule is Cc1ccc(C(C)NC(=O)C2CCCN(S(=O)(=O)Cc3cccc(Cl)c3)C2)cc1. The number of nitrogens with one attached hydrogen (secondary N) is 1. The number of hydrogen-bond acceptors (Lipinski definition) is 3. The van der Waals surface area contributed by atoms with Crippen molar-refractivity contribution in [1.29, 1.82) is 0 Å². The Morgan fingerprint density at radius 1 is 1.24 bits per heavy atom. The standard InChI is InChI=1S/C22H27ClN2O3S/c1-16-8-10-19(11-9-16)17(2)24-22(26)20-6-4-12-25(14-20)29(27,28)15-18-5-3-7-21(23)13-18/h3,5,7-11,13,17,20H,4,6,12,14-15H2,1-2H3,(H,24,26). The van der Waals surface area contributed by atoms with Crippen LogP contribution in [0, 0.1) is 12.8 Å². The molecule has 1 saturated heterocycles. The van der Waals surface area contributed by atoms with Gasteiger partial charge < -0.3 is 5.32 Å². The molecule has 0 spiro atoms. The van der Waals surface area contributed by atoms with Crippen LogP contribution in [0.25, 0.3) is 0 Å². The van der Waals surface area contributed by atoms with E-state index in [0.717, 1.165) is 5.56 Å².